The van der Waals surface area contributed by atoms with E-state index in [0.29, 0.717) is 17.1 Å². The molecule has 0 atom stereocenters. The van der Waals surface area contributed by atoms with Gasteiger partial charge in [0.2, 0.25) is 6.20 Å². The van der Waals surface area contributed by atoms with E-state index in [4.69, 9.17) is 21.1 Å². The van der Waals surface area contributed by atoms with Crippen molar-refractivity contribution < 1.29 is 19.2 Å². The second-order valence-corrected chi connectivity index (χ2v) is 4.21. The Morgan fingerprint density at radius 3 is 2.75 bits per heavy atom. The number of carboxylic acids is 1. The predicted octanol–water partition coefficient (Wildman–Crippen LogP) is 3.55. The summed E-state index contributed by atoms with van der Waals surface area (Å²) in [4.78, 5) is 20.6. The van der Waals surface area contributed by atoms with Gasteiger partial charge in [0.25, 0.3) is 0 Å². The first-order chi connectivity index (χ1) is 9.47. The van der Waals surface area contributed by atoms with E-state index in [1.165, 1.54) is 18.2 Å². The number of aromatic carboxylic acids is 1. The minimum Gasteiger partial charge on any atom is -0.478 e. The lowest BCUT2D eigenvalue weighted by Crippen LogP contribution is -1.97. The maximum absolute atomic E-state index is 11.0. The lowest BCUT2D eigenvalue weighted by atomic mass is 10.1. The number of halogens is 1. The Morgan fingerprint density at radius 1 is 1.35 bits per heavy atom. The molecule has 2 rings (SSSR count). The highest BCUT2D eigenvalue weighted by molar-refractivity contribution is 6.33. The number of nitro groups is 1. The first-order valence-corrected chi connectivity index (χ1v) is 5.80. The van der Waals surface area contributed by atoms with Crippen LogP contribution in [0.4, 0.5) is 0 Å². The molecular weight excluding hydrogens is 286 g/mol. The van der Waals surface area contributed by atoms with Crippen LogP contribution < -0.4 is 0 Å². The van der Waals surface area contributed by atoms with Crippen LogP contribution in [0.1, 0.15) is 16.1 Å². The van der Waals surface area contributed by atoms with Crippen molar-refractivity contribution in [3.05, 3.63) is 63.0 Å². The van der Waals surface area contributed by atoms with Crippen LogP contribution >= 0.6 is 11.6 Å². The fraction of sp³-hybridized carbons (Fsp3) is 0. The molecule has 102 valence electrons. The number of hydrogen-bond acceptors (Lipinski definition) is 4. The first-order valence-electron chi connectivity index (χ1n) is 5.42. The second-order valence-electron chi connectivity index (χ2n) is 3.80. The van der Waals surface area contributed by atoms with Crippen LogP contribution in [0.15, 0.2) is 40.9 Å². The van der Waals surface area contributed by atoms with E-state index in [0.717, 1.165) is 6.20 Å². The molecule has 0 bridgehead atoms. The van der Waals surface area contributed by atoms with Gasteiger partial charge in [-0.15, -0.1) is 0 Å². The summed E-state index contributed by atoms with van der Waals surface area (Å²) in [6, 6.07) is 7.58. The molecule has 0 aliphatic rings. The van der Waals surface area contributed by atoms with E-state index in [-0.39, 0.29) is 10.6 Å². The molecular formula is C13H8ClNO5. The SMILES string of the molecule is O=C(O)c1cc(-c2ccc(/C=C\[N+](=O)[O-])o2)ccc1Cl. The fourth-order valence-corrected chi connectivity index (χ4v) is 1.77. The van der Waals surface area contributed by atoms with Crippen molar-refractivity contribution in [3.8, 4) is 11.3 Å². The lowest BCUT2D eigenvalue weighted by Gasteiger charge is -2.01. The van der Waals surface area contributed by atoms with E-state index in [2.05, 4.69) is 0 Å². The van der Waals surface area contributed by atoms with Crippen LogP contribution in [0.5, 0.6) is 0 Å². The Hall–Kier alpha value is -2.60. The van der Waals surface area contributed by atoms with Crippen molar-refractivity contribution >= 4 is 23.6 Å². The molecule has 0 unspecified atom stereocenters. The smallest absolute Gasteiger partial charge is 0.337 e. The third-order valence-electron chi connectivity index (χ3n) is 2.47. The van der Waals surface area contributed by atoms with E-state index >= 15 is 0 Å². The van der Waals surface area contributed by atoms with Gasteiger partial charge in [0, 0.05) is 5.56 Å². The number of carboxylic acid groups (broad SMARTS) is 1. The Morgan fingerprint density at radius 2 is 2.10 bits per heavy atom. The summed E-state index contributed by atoms with van der Waals surface area (Å²) in [5, 5.41) is 19.3. The van der Waals surface area contributed by atoms with Crippen molar-refractivity contribution in [2.75, 3.05) is 0 Å². The van der Waals surface area contributed by atoms with Crippen molar-refractivity contribution in [1.29, 1.82) is 0 Å². The molecule has 0 aliphatic carbocycles. The van der Waals surface area contributed by atoms with Crippen molar-refractivity contribution in [2.24, 2.45) is 0 Å². The molecule has 2 aromatic rings. The minimum atomic E-state index is -1.14. The maximum atomic E-state index is 11.0. The fourth-order valence-electron chi connectivity index (χ4n) is 1.57. The highest BCUT2D eigenvalue weighted by atomic mass is 35.5. The van der Waals surface area contributed by atoms with Gasteiger partial charge in [0.15, 0.2) is 0 Å². The Bertz CT molecular complexity index is 705. The average molecular weight is 294 g/mol. The molecule has 1 aromatic heterocycles. The quantitative estimate of drug-likeness (QED) is 0.687. The third-order valence-corrected chi connectivity index (χ3v) is 2.80. The van der Waals surface area contributed by atoms with Gasteiger partial charge in [-0.05, 0) is 30.3 Å². The highest BCUT2D eigenvalue weighted by Crippen LogP contribution is 2.27. The van der Waals surface area contributed by atoms with Crippen LogP contribution in [-0.4, -0.2) is 16.0 Å². The van der Waals surface area contributed by atoms with E-state index in [9.17, 15) is 14.9 Å². The van der Waals surface area contributed by atoms with E-state index < -0.39 is 10.9 Å². The summed E-state index contributed by atoms with van der Waals surface area (Å²) in [5.74, 6) is -0.451. The number of furan rings is 1. The van der Waals surface area contributed by atoms with Crippen molar-refractivity contribution in [1.82, 2.24) is 0 Å². The normalized spacial score (nSPS) is 10.8. The van der Waals surface area contributed by atoms with Gasteiger partial charge in [-0.3, -0.25) is 10.1 Å². The molecule has 0 spiro atoms. The Kier molecular flexibility index (Phi) is 3.86. The van der Waals surface area contributed by atoms with Gasteiger partial charge in [0.05, 0.1) is 21.6 Å². The van der Waals surface area contributed by atoms with Crippen LogP contribution in [0.25, 0.3) is 17.4 Å². The maximum Gasteiger partial charge on any atom is 0.337 e. The second kappa shape index (κ2) is 5.58. The van der Waals surface area contributed by atoms with Gasteiger partial charge in [-0.2, -0.15) is 0 Å². The van der Waals surface area contributed by atoms with Crippen LogP contribution in [-0.2, 0) is 0 Å². The summed E-state index contributed by atoms with van der Waals surface area (Å²) < 4.78 is 5.37. The lowest BCUT2D eigenvalue weighted by molar-refractivity contribution is -0.401. The highest BCUT2D eigenvalue weighted by Gasteiger charge is 2.12. The monoisotopic (exact) mass is 293 g/mol. The number of carbonyl (C=O) groups is 1. The number of nitrogens with zero attached hydrogens (tertiary/aromatic N) is 1. The minimum absolute atomic E-state index is 0.0389. The molecule has 0 radical (unpaired) electrons. The summed E-state index contributed by atoms with van der Waals surface area (Å²) in [6.07, 6.45) is 1.96. The molecule has 1 heterocycles. The summed E-state index contributed by atoms with van der Waals surface area (Å²) in [7, 11) is 0. The standard InChI is InChI=1S/C13H8ClNO5/c14-11-3-1-8(7-10(11)13(16)17)12-4-2-9(20-12)5-6-15(18)19/h1-7H,(H,16,17)/b6-5-. The average Bonchev–Trinajstić information content (AvgIpc) is 2.85. The molecule has 0 saturated carbocycles. The van der Waals surface area contributed by atoms with Crippen molar-refractivity contribution in [3.63, 3.8) is 0 Å². The molecule has 0 aliphatic heterocycles. The molecule has 1 N–H and O–H groups in total. The van der Waals surface area contributed by atoms with E-state index in [1.54, 1.807) is 18.2 Å². The predicted molar refractivity (Wildman–Crippen MR) is 72.1 cm³/mol. The Balaban J connectivity index is 2.35. The van der Waals surface area contributed by atoms with Crippen molar-refractivity contribution in [2.45, 2.75) is 0 Å². The zero-order valence-corrected chi connectivity index (χ0v) is 10.7. The topological polar surface area (TPSA) is 93.6 Å². The summed E-state index contributed by atoms with van der Waals surface area (Å²) >= 11 is 5.77. The molecule has 1 aromatic carbocycles. The molecule has 0 saturated heterocycles. The molecule has 6 nitrogen and oxygen atoms in total. The van der Waals surface area contributed by atoms with Crippen LogP contribution in [0, 0.1) is 10.1 Å². The van der Waals surface area contributed by atoms with E-state index in [1.807, 2.05) is 0 Å². The molecule has 20 heavy (non-hydrogen) atoms. The zero-order chi connectivity index (χ0) is 14.7. The van der Waals surface area contributed by atoms with Gasteiger partial charge >= 0.3 is 5.97 Å². The summed E-state index contributed by atoms with van der Waals surface area (Å²) in [5.41, 5.74) is 0.482. The van der Waals surface area contributed by atoms with Gasteiger partial charge < -0.3 is 9.52 Å². The molecule has 0 amide bonds. The molecule has 7 heteroatoms. The van der Waals surface area contributed by atoms with Gasteiger partial charge in [0.1, 0.15) is 11.5 Å². The van der Waals surface area contributed by atoms with Gasteiger partial charge in [-0.1, -0.05) is 11.6 Å². The third kappa shape index (κ3) is 3.04. The number of rotatable bonds is 4. The number of hydrogen-bond donors (Lipinski definition) is 1. The largest absolute Gasteiger partial charge is 0.478 e. The number of benzene rings is 1. The van der Waals surface area contributed by atoms with Gasteiger partial charge in [-0.25, -0.2) is 4.79 Å². The van der Waals surface area contributed by atoms with Crippen LogP contribution in [0.2, 0.25) is 5.02 Å². The zero-order valence-electron chi connectivity index (χ0n) is 9.95. The first kappa shape index (κ1) is 13.8. The summed E-state index contributed by atoms with van der Waals surface area (Å²) in [6.45, 7) is 0. The Labute approximate surface area is 118 Å². The van der Waals surface area contributed by atoms with Crippen LogP contribution in [0.3, 0.4) is 0 Å². The molecule has 0 fully saturated rings.